The number of benzene rings is 1. The monoisotopic (exact) mass is 373 g/mol. The Hall–Kier alpha value is -1.04. The molecule has 5 heteroatoms. The lowest BCUT2D eigenvalue weighted by atomic mass is 9.93. The van der Waals surface area contributed by atoms with Gasteiger partial charge in [0, 0.05) is 31.7 Å². The molecule has 142 valence electrons. The highest BCUT2D eigenvalue weighted by molar-refractivity contribution is 7.99. The van der Waals surface area contributed by atoms with Crippen LogP contribution in [0.5, 0.6) is 0 Å². The zero-order chi connectivity index (χ0) is 17.9. The Labute approximate surface area is 161 Å². The number of piperidine rings is 1. The number of carbonyl (C=O) groups excluding carboxylic acids is 1. The highest BCUT2D eigenvalue weighted by atomic mass is 32.2. The first-order valence-corrected chi connectivity index (χ1v) is 11.3. The van der Waals surface area contributed by atoms with Crippen LogP contribution in [0, 0.1) is 0 Å². The molecule has 2 fully saturated rings. The Morgan fingerprint density at radius 3 is 2.50 bits per heavy atom. The molecule has 0 aliphatic carbocycles. The van der Waals surface area contributed by atoms with Crippen molar-refractivity contribution < 1.29 is 4.79 Å². The van der Waals surface area contributed by atoms with Gasteiger partial charge in [0.15, 0.2) is 0 Å². The second-order valence-electron chi connectivity index (χ2n) is 8.07. The number of hydrogen-bond acceptors (Lipinski definition) is 4. The van der Waals surface area contributed by atoms with Gasteiger partial charge in [0.25, 0.3) is 0 Å². The summed E-state index contributed by atoms with van der Waals surface area (Å²) >= 11 is 2.09. The highest BCUT2D eigenvalue weighted by Gasteiger charge is 2.32. The van der Waals surface area contributed by atoms with Gasteiger partial charge in [-0.05, 0) is 61.8 Å². The van der Waals surface area contributed by atoms with Crippen LogP contribution in [-0.4, -0.2) is 65.5 Å². The molecule has 1 aromatic rings. The molecule has 1 atom stereocenters. The van der Waals surface area contributed by atoms with E-state index in [2.05, 4.69) is 58.2 Å². The number of rotatable bonds is 3. The second kappa shape index (κ2) is 8.32. The Morgan fingerprint density at radius 1 is 1.08 bits per heavy atom. The fourth-order valence-corrected chi connectivity index (χ4v) is 5.78. The van der Waals surface area contributed by atoms with E-state index >= 15 is 0 Å². The molecule has 0 bridgehead atoms. The SMILES string of the molecule is CN1Cc2ccccc2C[C@H]1C(=O)NC1CCN(C2CCSCC2)CC1. The van der Waals surface area contributed by atoms with Crippen LogP contribution < -0.4 is 5.32 Å². The Kier molecular flexibility index (Phi) is 5.87. The summed E-state index contributed by atoms with van der Waals surface area (Å²) in [5.74, 6) is 2.85. The average Bonchev–Trinajstić information content (AvgIpc) is 2.68. The van der Waals surface area contributed by atoms with E-state index in [1.807, 2.05) is 0 Å². The number of fused-ring (bicyclic) bond motifs is 1. The standard InChI is InChI=1S/C21H31N3OS/c1-23-15-17-5-3-2-4-16(17)14-20(23)21(25)22-18-6-10-24(11-7-18)19-8-12-26-13-9-19/h2-5,18-20H,6-15H2,1H3,(H,22,25)/t20-/m0/s1. The number of nitrogens with zero attached hydrogens (tertiary/aromatic N) is 2. The largest absolute Gasteiger partial charge is 0.352 e. The topological polar surface area (TPSA) is 35.6 Å². The normalized spacial score (nSPS) is 26.4. The molecular formula is C21H31N3OS. The number of hydrogen-bond donors (Lipinski definition) is 1. The molecule has 3 aliphatic rings. The quantitative estimate of drug-likeness (QED) is 0.883. The van der Waals surface area contributed by atoms with Crippen LogP contribution in [0.3, 0.4) is 0 Å². The molecule has 0 aromatic heterocycles. The molecule has 3 heterocycles. The van der Waals surface area contributed by atoms with E-state index in [0.717, 1.165) is 44.9 Å². The van der Waals surface area contributed by atoms with Gasteiger partial charge in [0.05, 0.1) is 6.04 Å². The third-order valence-electron chi connectivity index (χ3n) is 6.37. The van der Waals surface area contributed by atoms with Gasteiger partial charge in [-0.2, -0.15) is 11.8 Å². The summed E-state index contributed by atoms with van der Waals surface area (Å²) in [7, 11) is 2.07. The van der Waals surface area contributed by atoms with Crippen molar-refractivity contribution >= 4 is 17.7 Å². The van der Waals surface area contributed by atoms with Crippen molar-refractivity contribution in [1.29, 1.82) is 0 Å². The summed E-state index contributed by atoms with van der Waals surface area (Å²) in [5, 5.41) is 3.36. The molecule has 1 amide bonds. The van der Waals surface area contributed by atoms with E-state index in [1.54, 1.807) is 0 Å². The first-order valence-electron chi connectivity index (χ1n) is 10.1. The third-order valence-corrected chi connectivity index (χ3v) is 7.42. The summed E-state index contributed by atoms with van der Waals surface area (Å²) in [6, 6.07) is 9.63. The molecule has 0 radical (unpaired) electrons. The smallest absolute Gasteiger partial charge is 0.237 e. The average molecular weight is 374 g/mol. The summed E-state index contributed by atoms with van der Waals surface area (Å²) in [4.78, 5) is 17.8. The minimum absolute atomic E-state index is 0.0294. The van der Waals surface area contributed by atoms with Gasteiger partial charge in [0.1, 0.15) is 0 Å². The lowest BCUT2D eigenvalue weighted by Crippen LogP contribution is -2.54. The molecule has 0 unspecified atom stereocenters. The predicted octanol–water partition coefficient (Wildman–Crippen LogP) is 2.52. The molecule has 0 spiro atoms. The summed E-state index contributed by atoms with van der Waals surface area (Å²) in [5.41, 5.74) is 2.69. The number of likely N-dealkylation sites (N-methyl/N-ethyl adjacent to an activating group) is 1. The van der Waals surface area contributed by atoms with Gasteiger partial charge in [-0.1, -0.05) is 24.3 Å². The molecule has 3 aliphatic heterocycles. The first-order chi connectivity index (χ1) is 12.7. The summed E-state index contributed by atoms with van der Waals surface area (Å²) in [6.45, 7) is 3.15. The van der Waals surface area contributed by atoms with Gasteiger partial charge >= 0.3 is 0 Å². The number of likely N-dealkylation sites (tertiary alicyclic amines) is 1. The molecule has 4 nitrogen and oxygen atoms in total. The van der Waals surface area contributed by atoms with E-state index in [9.17, 15) is 4.79 Å². The van der Waals surface area contributed by atoms with Crippen molar-refractivity contribution in [3.8, 4) is 0 Å². The van der Waals surface area contributed by atoms with Crippen LogP contribution in [0.2, 0.25) is 0 Å². The number of amides is 1. The Balaban J connectivity index is 1.29. The van der Waals surface area contributed by atoms with E-state index in [1.165, 1.54) is 35.5 Å². The fourth-order valence-electron chi connectivity index (χ4n) is 4.70. The molecule has 0 saturated carbocycles. The lowest BCUT2D eigenvalue weighted by molar-refractivity contribution is -0.127. The minimum atomic E-state index is -0.0294. The van der Waals surface area contributed by atoms with Gasteiger partial charge in [0.2, 0.25) is 5.91 Å². The first kappa shape index (κ1) is 18.3. The van der Waals surface area contributed by atoms with Gasteiger partial charge in [-0.25, -0.2) is 0 Å². The van der Waals surface area contributed by atoms with Crippen molar-refractivity contribution in [3.63, 3.8) is 0 Å². The van der Waals surface area contributed by atoms with Crippen molar-refractivity contribution in [2.45, 2.75) is 56.8 Å². The van der Waals surface area contributed by atoms with Crippen LogP contribution in [0.4, 0.5) is 0 Å². The van der Waals surface area contributed by atoms with Crippen molar-refractivity contribution in [2.75, 3.05) is 31.6 Å². The lowest BCUT2D eigenvalue weighted by Gasteiger charge is -2.40. The molecule has 1 N–H and O–H groups in total. The van der Waals surface area contributed by atoms with E-state index in [4.69, 9.17) is 0 Å². The maximum absolute atomic E-state index is 12.9. The Bertz CT molecular complexity index is 623. The van der Waals surface area contributed by atoms with E-state index in [0.29, 0.717) is 6.04 Å². The minimum Gasteiger partial charge on any atom is -0.352 e. The Morgan fingerprint density at radius 2 is 1.77 bits per heavy atom. The van der Waals surface area contributed by atoms with Gasteiger partial charge in [-0.3, -0.25) is 9.69 Å². The molecule has 1 aromatic carbocycles. The van der Waals surface area contributed by atoms with E-state index in [-0.39, 0.29) is 11.9 Å². The number of thioether (sulfide) groups is 1. The van der Waals surface area contributed by atoms with Crippen LogP contribution >= 0.6 is 11.8 Å². The molecule has 2 saturated heterocycles. The maximum Gasteiger partial charge on any atom is 0.237 e. The molecule has 26 heavy (non-hydrogen) atoms. The fraction of sp³-hybridized carbons (Fsp3) is 0.667. The third kappa shape index (κ3) is 4.10. The molecule has 4 rings (SSSR count). The van der Waals surface area contributed by atoms with Crippen molar-refractivity contribution in [3.05, 3.63) is 35.4 Å². The van der Waals surface area contributed by atoms with Crippen LogP contribution in [0.15, 0.2) is 24.3 Å². The van der Waals surface area contributed by atoms with Crippen LogP contribution in [0.25, 0.3) is 0 Å². The number of nitrogens with one attached hydrogen (secondary N) is 1. The summed E-state index contributed by atoms with van der Waals surface area (Å²) in [6.07, 6.45) is 5.71. The molecular weight excluding hydrogens is 342 g/mol. The second-order valence-corrected chi connectivity index (χ2v) is 9.29. The van der Waals surface area contributed by atoms with Gasteiger partial charge in [-0.15, -0.1) is 0 Å². The number of carbonyl (C=O) groups is 1. The predicted molar refractivity (Wildman–Crippen MR) is 108 cm³/mol. The van der Waals surface area contributed by atoms with Crippen LogP contribution in [-0.2, 0) is 17.8 Å². The van der Waals surface area contributed by atoms with E-state index < -0.39 is 0 Å². The zero-order valence-electron chi connectivity index (χ0n) is 15.8. The van der Waals surface area contributed by atoms with Gasteiger partial charge < -0.3 is 10.2 Å². The van der Waals surface area contributed by atoms with Crippen molar-refractivity contribution in [1.82, 2.24) is 15.1 Å². The van der Waals surface area contributed by atoms with Crippen LogP contribution in [0.1, 0.15) is 36.8 Å². The summed E-state index contributed by atoms with van der Waals surface area (Å²) < 4.78 is 0. The maximum atomic E-state index is 12.9. The zero-order valence-corrected chi connectivity index (χ0v) is 16.6. The van der Waals surface area contributed by atoms with Crippen molar-refractivity contribution in [2.24, 2.45) is 0 Å². The highest BCUT2D eigenvalue weighted by Crippen LogP contribution is 2.25.